The van der Waals surface area contributed by atoms with Crippen molar-refractivity contribution in [2.75, 3.05) is 5.75 Å². The topological polar surface area (TPSA) is 76.2 Å². The lowest BCUT2D eigenvalue weighted by Crippen LogP contribution is -1.96. The summed E-state index contributed by atoms with van der Waals surface area (Å²) in [7, 11) is 0. The molecule has 0 spiro atoms. The molecule has 0 atom stereocenters. The van der Waals surface area contributed by atoms with Crippen molar-refractivity contribution in [3.8, 4) is 0 Å². The second kappa shape index (κ2) is 5.64. The van der Waals surface area contributed by atoms with Gasteiger partial charge in [0.2, 0.25) is 5.89 Å². The molecule has 6 heteroatoms. The Kier molecular flexibility index (Phi) is 4.45. The third kappa shape index (κ3) is 3.78. The molecule has 0 aliphatic rings. The zero-order chi connectivity index (χ0) is 10.4. The second-order valence-corrected chi connectivity index (χ2v) is 3.76. The summed E-state index contributed by atoms with van der Waals surface area (Å²) in [6, 6.07) is 0. The molecule has 1 rings (SSSR count). The molecule has 78 valence electrons. The second-order valence-electron chi connectivity index (χ2n) is 2.65. The number of hydrogen-bond acceptors (Lipinski definition) is 5. The fourth-order valence-electron chi connectivity index (χ4n) is 0.811. The number of aromatic nitrogens is 2. The van der Waals surface area contributed by atoms with Crippen LogP contribution >= 0.6 is 11.8 Å². The number of carboxylic acids is 1. The van der Waals surface area contributed by atoms with E-state index >= 15 is 0 Å². The summed E-state index contributed by atoms with van der Waals surface area (Å²) in [5, 5.41) is 12.1. The van der Waals surface area contributed by atoms with Gasteiger partial charge in [-0.25, -0.2) is 0 Å². The van der Waals surface area contributed by atoms with Crippen LogP contribution in [0.15, 0.2) is 4.52 Å². The molecule has 0 bridgehead atoms. The van der Waals surface area contributed by atoms with E-state index in [0.29, 0.717) is 23.2 Å². The van der Waals surface area contributed by atoms with E-state index in [-0.39, 0.29) is 6.42 Å². The lowest BCUT2D eigenvalue weighted by atomic mass is 10.5. The van der Waals surface area contributed by atoms with Crippen LogP contribution in [0.25, 0.3) is 0 Å². The molecule has 0 saturated carbocycles. The summed E-state index contributed by atoms with van der Waals surface area (Å²) in [5.74, 6) is 1.63. The molecule has 14 heavy (non-hydrogen) atoms. The van der Waals surface area contributed by atoms with Gasteiger partial charge in [0.05, 0.1) is 12.2 Å². The normalized spacial score (nSPS) is 10.4. The maximum absolute atomic E-state index is 10.2. The minimum Gasteiger partial charge on any atom is -0.481 e. The highest BCUT2D eigenvalue weighted by Crippen LogP contribution is 2.11. The number of carboxylic acid groups (broad SMARTS) is 1. The molecule has 0 saturated heterocycles. The third-order valence-corrected chi connectivity index (χ3v) is 2.46. The molecule has 0 aliphatic carbocycles. The number of nitrogens with zero attached hydrogens (tertiary/aromatic N) is 2. The van der Waals surface area contributed by atoms with Crippen molar-refractivity contribution in [1.29, 1.82) is 0 Å². The van der Waals surface area contributed by atoms with E-state index in [4.69, 9.17) is 9.63 Å². The Labute approximate surface area is 85.9 Å². The maximum atomic E-state index is 10.2. The summed E-state index contributed by atoms with van der Waals surface area (Å²) < 4.78 is 4.93. The van der Waals surface area contributed by atoms with Crippen LogP contribution in [0.4, 0.5) is 0 Å². The van der Waals surface area contributed by atoms with Gasteiger partial charge in [-0.05, 0) is 0 Å². The number of rotatable bonds is 6. The largest absolute Gasteiger partial charge is 0.481 e. The first kappa shape index (κ1) is 11.0. The van der Waals surface area contributed by atoms with E-state index in [2.05, 4.69) is 10.1 Å². The molecule has 5 nitrogen and oxygen atoms in total. The first-order chi connectivity index (χ1) is 6.72. The standard InChI is InChI=1S/C8H12N2O3S/c1-2-6-9-7(13-10-6)5-14-4-3-8(11)12/h2-5H2,1H3,(H,11,12). The zero-order valence-electron chi connectivity index (χ0n) is 7.89. The average Bonchev–Trinajstić information content (AvgIpc) is 2.60. The minimum absolute atomic E-state index is 0.166. The predicted octanol–water partition coefficient (Wildman–Crippen LogP) is 1.34. The number of hydrogen-bond donors (Lipinski definition) is 1. The molecular formula is C8H12N2O3S. The quantitative estimate of drug-likeness (QED) is 0.723. The molecule has 0 aliphatic heterocycles. The Morgan fingerprint density at radius 3 is 3.00 bits per heavy atom. The van der Waals surface area contributed by atoms with Crippen molar-refractivity contribution in [2.45, 2.75) is 25.5 Å². The summed E-state index contributed by atoms with van der Waals surface area (Å²) in [4.78, 5) is 14.3. The number of aliphatic carboxylic acids is 1. The first-order valence-corrected chi connectivity index (χ1v) is 5.49. The van der Waals surface area contributed by atoms with Gasteiger partial charge in [0.1, 0.15) is 0 Å². The lowest BCUT2D eigenvalue weighted by Gasteiger charge is -1.93. The zero-order valence-corrected chi connectivity index (χ0v) is 8.71. The Morgan fingerprint density at radius 1 is 1.64 bits per heavy atom. The summed E-state index contributed by atoms with van der Waals surface area (Å²) in [5.41, 5.74) is 0. The highest BCUT2D eigenvalue weighted by molar-refractivity contribution is 7.98. The number of aryl methyl sites for hydroxylation is 1. The van der Waals surface area contributed by atoms with Crippen LogP contribution in [0.2, 0.25) is 0 Å². The van der Waals surface area contributed by atoms with Crippen LogP contribution in [-0.2, 0) is 17.0 Å². The van der Waals surface area contributed by atoms with E-state index in [1.807, 2.05) is 6.92 Å². The van der Waals surface area contributed by atoms with Crippen molar-refractivity contribution >= 4 is 17.7 Å². The molecule has 1 aromatic heterocycles. The SMILES string of the molecule is CCc1noc(CSCCC(=O)O)n1. The van der Waals surface area contributed by atoms with Gasteiger partial charge >= 0.3 is 5.97 Å². The Bertz CT molecular complexity index is 301. The van der Waals surface area contributed by atoms with E-state index in [1.165, 1.54) is 11.8 Å². The van der Waals surface area contributed by atoms with Crippen LogP contribution in [-0.4, -0.2) is 27.0 Å². The summed E-state index contributed by atoms with van der Waals surface area (Å²) in [6.07, 6.45) is 0.919. The van der Waals surface area contributed by atoms with Crippen molar-refractivity contribution < 1.29 is 14.4 Å². The monoisotopic (exact) mass is 216 g/mol. The van der Waals surface area contributed by atoms with Crippen LogP contribution in [0.5, 0.6) is 0 Å². The van der Waals surface area contributed by atoms with Crippen LogP contribution < -0.4 is 0 Å². The van der Waals surface area contributed by atoms with Gasteiger partial charge in [-0.1, -0.05) is 12.1 Å². The molecule has 0 radical (unpaired) electrons. The van der Waals surface area contributed by atoms with Crippen LogP contribution in [0.1, 0.15) is 25.1 Å². The molecule has 0 unspecified atom stereocenters. The smallest absolute Gasteiger partial charge is 0.304 e. The molecule has 0 aromatic carbocycles. The molecule has 0 amide bonds. The highest BCUT2D eigenvalue weighted by atomic mass is 32.2. The van der Waals surface area contributed by atoms with Gasteiger partial charge < -0.3 is 9.63 Å². The average molecular weight is 216 g/mol. The van der Waals surface area contributed by atoms with E-state index in [1.54, 1.807) is 0 Å². The number of thioether (sulfide) groups is 1. The van der Waals surface area contributed by atoms with Crippen LogP contribution in [0.3, 0.4) is 0 Å². The molecule has 0 fully saturated rings. The van der Waals surface area contributed by atoms with Crippen molar-refractivity contribution in [1.82, 2.24) is 10.1 Å². The predicted molar refractivity (Wildman–Crippen MR) is 52.1 cm³/mol. The van der Waals surface area contributed by atoms with E-state index in [9.17, 15) is 4.79 Å². The highest BCUT2D eigenvalue weighted by Gasteiger charge is 2.04. The molecule has 1 heterocycles. The van der Waals surface area contributed by atoms with Gasteiger partial charge in [-0.3, -0.25) is 4.79 Å². The van der Waals surface area contributed by atoms with E-state index < -0.39 is 5.97 Å². The summed E-state index contributed by atoms with van der Waals surface area (Å²) >= 11 is 1.48. The molecule has 1 N–H and O–H groups in total. The number of carbonyl (C=O) groups is 1. The molecular weight excluding hydrogens is 204 g/mol. The van der Waals surface area contributed by atoms with Gasteiger partial charge in [0.25, 0.3) is 0 Å². The van der Waals surface area contributed by atoms with Gasteiger partial charge in [-0.2, -0.15) is 16.7 Å². The fourth-order valence-corrected chi connectivity index (χ4v) is 1.57. The Hall–Kier alpha value is -1.04. The molecule has 1 aromatic rings. The van der Waals surface area contributed by atoms with Crippen molar-refractivity contribution in [3.05, 3.63) is 11.7 Å². The Balaban J connectivity index is 2.21. The minimum atomic E-state index is -0.780. The van der Waals surface area contributed by atoms with Crippen molar-refractivity contribution in [3.63, 3.8) is 0 Å². The van der Waals surface area contributed by atoms with Gasteiger partial charge in [0.15, 0.2) is 5.82 Å². The van der Waals surface area contributed by atoms with Gasteiger partial charge in [0, 0.05) is 12.2 Å². The van der Waals surface area contributed by atoms with Crippen molar-refractivity contribution in [2.24, 2.45) is 0 Å². The first-order valence-electron chi connectivity index (χ1n) is 4.33. The lowest BCUT2D eigenvalue weighted by molar-refractivity contribution is -0.136. The van der Waals surface area contributed by atoms with Gasteiger partial charge in [-0.15, -0.1) is 0 Å². The third-order valence-electron chi connectivity index (χ3n) is 1.51. The van der Waals surface area contributed by atoms with E-state index in [0.717, 1.165) is 6.42 Å². The maximum Gasteiger partial charge on any atom is 0.304 e. The summed E-state index contributed by atoms with van der Waals surface area (Å²) in [6.45, 7) is 1.95. The fraction of sp³-hybridized carbons (Fsp3) is 0.625. The Morgan fingerprint density at radius 2 is 2.43 bits per heavy atom. The van der Waals surface area contributed by atoms with Crippen LogP contribution in [0, 0.1) is 0 Å².